The van der Waals surface area contributed by atoms with Crippen molar-refractivity contribution in [3.8, 4) is 0 Å². The molecule has 0 aliphatic carbocycles. The molecule has 1 saturated heterocycles. The van der Waals surface area contributed by atoms with Gasteiger partial charge in [-0.15, -0.1) is 0 Å². The fourth-order valence-corrected chi connectivity index (χ4v) is 6.25. The predicted molar refractivity (Wildman–Crippen MR) is 167 cm³/mol. The lowest BCUT2D eigenvalue weighted by molar-refractivity contribution is 0.0801. The molecule has 220 valence electrons. The van der Waals surface area contributed by atoms with Crippen LogP contribution < -0.4 is 5.32 Å². The van der Waals surface area contributed by atoms with Crippen molar-refractivity contribution in [2.45, 2.75) is 25.8 Å². The van der Waals surface area contributed by atoms with Crippen LogP contribution in [0.5, 0.6) is 0 Å². The van der Waals surface area contributed by atoms with Crippen LogP contribution in [0, 0.1) is 0 Å². The van der Waals surface area contributed by atoms with Crippen LogP contribution in [0.4, 0.5) is 15.3 Å². The number of nitrogens with one attached hydrogen (secondary N) is 1. The van der Waals surface area contributed by atoms with Gasteiger partial charge in [-0.2, -0.15) is 0 Å². The third-order valence-electron chi connectivity index (χ3n) is 8.28. The zero-order valence-electron chi connectivity index (χ0n) is 24.4. The second-order valence-electron chi connectivity index (χ2n) is 11.8. The fourth-order valence-electron chi connectivity index (χ4n) is 6.25. The minimum Gasteiger partial charge on any atom is -0.464 e. The number of anilines is 1. The Morgan fingerprint density at radius 1 is 0.884 bits per heavy atom. The molecule has 9 heteroatoms. The maximum absolute atomic E-state index is 13.8. The normalized spacial score (nSPS) is 16.5. The summed E-state index contributed by atoms with van der Waals surface area (Å²) in [4.78, 5) is 44.5. The van der Waals surface area contributed by atoms with Crippen LogP contribution in [0.15, 0.2) is 85.1 Å². The van der Waals surface area contributed by atoms with E-state index >= 15 is 0 Å². The van der Waals surface area contributed by atoms with Gasteiger partial charge in [0, 0.05) is 67.5 Å². The van der Waals surface area contributed by atoms with Gasteiger partial charge in [-0.3, -0.25) is 9.69 Å². The Balaban J connectivity index is 1.14. The van der Waals surface area contributed by atoms with E-state index in [1.165, 1.54) is 4.57 Å². The summed E-state index contributed by atoms with van der Waals surface area (Å²) in [7, 11) is 0. The van der Waals surface area contributed by atoms with E-state index in [1.807, 2.05) is 97.6 Å². The Kier molecular flexibility index (Phi) is 7.50. The van der Waals surface area contributed by atoms with E-state index in [0.29, 0.717) is 43.0 Å². The van der Waals surface area contributed by atoms with Crippen LogP contribution >= 0.6 is 0 Å². The first-order valence-corrected chi connectivity index (χ1v) is 14.5. The number of benzene rings is 3. The van der Waals surface area contributed by atoms with Crippen LogP contribution in [0.3, 0.4) is 0 Å². The van der Waals surface area contributed by atoms with Crippen molar-refractivity contribution < 1.29 is 19.5 Å². The van der Waals surface area contributed by atoms with Gasteiger partial charge in [0.25, 0.3) is 5.91 Å². The molecular formula is C34H35N5O4. The average Bonchev–Trinajstić information content (AvgIpc) is 3.28. The summed E-state index contributed by atoms with van der Waals surface area (Å²) in [6.07, 6.45) is 2.40. The van der Waals surface area contributed by atoms with Gasteiger partial charge in [0.2, 0.25) is 0 Å². The molecule has 0 bridgehead atoms. The highest BCUT2D eigenvalue weighted by Crippen LogP contribution is 2.39. The molecule has 4 aromatic rings. The van der Waals surface area contributed by atoms with Crippen LogP contribution in [-0.4, -0.2) is 75.1 Å². The molecule has 6 rings (SSSR count). The average molecular weight is 578 g/mol. The number of fused-ring (bicyclic) bond motifs is 3. The minimum absolute atomic E-state index is 0.0951. The van der Waals surface area contributed by atoms with Gasteiger partial charge in [0.05, 0.1) is 11.2 Å². The molecule has 0 unspecified atom stereocenters. The van der Waals surface area contributed by atoms with Crippen molar-refractivity contribution in [1.29, 1.82) is 0 Å². The van der Waals surface area contributed by atoms with Crippen molar-refractivity contribution in [2.24, 2.45) is 0 Å². The van der Waals surface area contributed by atoms with Crippen molar-refractivity contribution in [3.05, 3.63) is 107 Å². The predicted octanol–water partition coefficient (Wildman–Crippen LogP) is 5.92. The summed E-state index contributed by atoms with van der Waals surface area (Å²) in [5.74, 6) is -0.134. The highest BCUT2D eigenvalue weighted by atomic mass is 16.4. The van der Waals surface area contributed by atoms with Crippen molar-refractivity contribution in [2.75, 3.05) is 38.0 Å². The Hall–Kier alpha value is -4.89. The number of rotatable bonds is 4. The summed E-state index contributed by atoms with van der Waals surface area (Å²) in [6, 6.07) is 24.5. The summed E-state index contributed by atoms with van der Waals surface area (Å²) in [5, 5.41) is 13.9. The number of amides is 3. The molecule has 0 saturated carbocycles. The molecule has 43 heavy (non-hydrogen) atoms. The number of para-hydroxylation sites is 2. The third-order valence-corrected chi connectivity index (χ3v) is 8.28. The topological polar surface area (TPSA) is 98.1 Å². The molecule has 2 N–H and O–H groups in total. The second-order valence-corrected chi connectivity index (χ2v) is 11.8. The Bertz CT molecular complexity index is 1720. The number of urea groups is 1. The number of carbonyl (C=O) groups excluding carboxylic acids is 2. The highest BCUT2D eigenvalue weighted by molar-refractivity contribution is 5.99. The number of piperazine rings is 1. The van der Waals surface area contributed by atoms with E-state index in [0.717, 1.165) is 35.3 Å². The van der Waals surface area contributed by atoms with Crippen molar-refractivity contribution in [1.82, 2.24) is 19.3 Å². The number of hydrogen-bond donors (Lipinski definition) is 2. The first-order valence-electron chi connectivity index (χ1n) is 14.5. The molecule has 0 radical (unpaired) electrons. The minimum atomic E-state index is -1.05. The fraction of sp³-hybridized carbons (Fsp3) is 0.265. The Morgan fingerprint density at radius 2 is 1.60 bits per heavy atom. The molecule has 3 aromatic carbocycles. The molecule has 0 atom stereocenters. The summed E-state index contributed by atoms with van der Waals surface area (Å²) >= 11 is 0. The molecule has 9 nitrogen and oxygen atoms in total. The number of aromatic nitrogens is 1. The zero-order valence-corrected chi connectivity index (χ0v) is 24.4. The number of hydrogen-bond acceptors (Lipinski definition) is 4. The molecule has 2 aliphatic heterocycles. The molecule has 1 fully saturated rings. The summed E-state index contributed by atoms with van der Waals surface area (Å²) in [5.41, 5.74) is 4.03. The molecule has 0 spiro atoms. The standard InChI is InChI=1S/C34H35N5O4/c1-34(2)23-38(16-15-29-30(34)27-13-6-7-14-28(27)39(29)33(42)43)31(40)25-10-8-9-24(21-25)22-36-17-19-37(20-18-36)32(41)35-26-11-4-3-5-12-26/h3-16,21H,17-20,22-23H2,1-2H3,(H,35,41)(H,42,43). The SMILES string of the molecule is CC1(C)CN(C(=O)c2cccc(CN3CCN(C(=O)Nc4ccccc4)CC3)c2)C=Cc2c1c1ccccc1n2C(=O)O. The zero-order chi connectivity index (χ0) is 30.1. The second kappa shape index (κ2) is 11.4. The van der Waals surface area contributed by atoms with Gasteiger partial charge in [-0.25, -0.2) is 14.2 Å². The van der Waals surface area contributed by atoms with Gasteiger partial charge in [-0.1, -0.05) is 62.4 Å². The van der Waals surface area contributed by atoms with E-state index in [-0.39, 0.29) is 11.9 Å². The van der Waals surface area contributed by atoms with E-state index in [9.17, 15) is 19.5 Å². The summed E-state index contributed by atoms with van der Waals surface area (Å²) in [6.45, 7) is 7.90. The molecule has 1 aromatic heterocycles. The quantitative estimate of drug-likeness (QED) is 0.314. The van der Waals surface area contributed by atoms with Crippen molar-refractivity contribution >= 4 is 40.7 Å². The smallest absolute Gasteiger partial charge is 0.416 e. The van der Waals surface area contributed by atoms with Crippen LogP contribution in [0.25, 0.3) is 17.0 Å². The monoisotopic (exact) mass is 577 g/mol. The Labute approximate surface area is 250 Å². The van der Waals surface area contributed by atoms with E-state index in [1.54, 1.807) is 17.2 Å². The third kappa shape index (κ3) is 5.63. The molecule has 3 heterocycles. The van der Waals surface area contributed by atoms with E-state index < -0.39 is 11.5 Å². The van der Waals surface area contributed by atoms with Crippen LogP contribution in [-0.2, 0) is 12.0 Å². The Morgan fingerprint density at radius 3 is 2.35 bits per heavy atom. The lowest BCUT2D eigenvalue weighted by atomic mass is 9.82. The maximum Gasteiger partial charge on any atom is 0.416 e. The lowest BCUT2D eigenvalue weighted by Gasteiger charge is -2.34. The van der Waals surface area contributed by atoms with Crippen LogP contribution in [0.2, 0.25) is 0 Å². The van der Waals surface area contributed by atoms with Gasteiger partial charge < -0.3 is 20.2 Å². The molecule has 2 aliphatic rings. The first kappa shape index (κ1) is 28.2. The molecule has 3 amide bonds. The van der Waals surface area contributed by atoms with Gasteiger partial charge in [0.15, 0.2) is 0 Å². The van der Waals surface area contributed by atoms with E-state index in [4.69, 9.17) is 0 Å². The van der Waals surface area contributed by atoms with Gasteiger partial charge >= 0.3 is 12.1 Å². The lowest BCUT2D eigenvalue weighted by Crippen LogP contribution is -2.49. The first-order chi connectivity index (χ1) is 20.7. The number of carbonyl (C=O) groups is 3. The number of nitrogens with zero attached hydrogens (tertiary/aromatic N) is 4. The number of carboxylic acid groups (broad SMARTS) is 1. The van der Waals surface area contributed by atoms with Gasteiger partial charge in [-0.05, 0) is 47.5 Å². The summed E-state index contributed by atoms with van der Waals surface area (Å²) < 4.78 is 1.31. The molecular weight excluding hydrogens is 542 g/mol. The van der Waals surface area contributed by atoms with Crippen molar-refractivity contribution in [3.63, 3.8) is 0 Å². The van der Waals surface area contributed by atoms with Gasteiger partial charge in [0.1, 0.15) is 0 Å². The van der Waals surface area contributed by atoms with Crippen LogP contribution in [0.1, 0.15) is 41.0 Å². The van der Waals surface area contributed by atoms with E-state index in [2.05, 4.69) is 10.2 Å². The highest BCUT2D eigenvalue weighted by Gasteiger charge is 2.35. The largest absolute Gasteiger partial charge is 0.464 e. The maximum atomic E-state index is 13.8.